The largest absolute Gasteiger partial charge is 0.507 e. The van der Waals surface area contributed by atoms with Crippen LogP contribution in [-0.2, 0) is 0 Å². The van der Waals surface area contributed by atoms with Gasteiger partial charge in [-0.25, -0.2) is 5.43 Å². The van der Waals surface area contributed by atoms with Crippen LogP contribution in [0.2, 0.25) is 10.0 Å². The van der Waals surface area contributed by atoms with Crippen LogP contribution in [0, 0.1) is 0 Å². The number of carbonyl (C=O) groups excluding carboxylic acids is 1. The van der Waals surface area contributed by atoms with Gasteiger partial charge < -0.3 is 10.2 Å². The van der Waals surface area contributed by atoms with Gasteiger partial charge in [-0.2, -0.15) is 5.10 Å². The minimum absolute atomic E-state index is 0.0796. The highest BCUT2D eigenvalue weighted by Gasteiger charge is 2.09. The van der Waals surface area contributed by atoms with Gasteiger partial charge in [0.05, 0.1) is 16.8 Å². The maximum absolute atomic E-state index is 11.8. The number of rotatable bonds is 3. The average Bonchev–Trinajstić information content (AvgIpc) is 2.44. The monoisotopic (exact) mass is 324 g/mol. The minimum Gasteiger partial charge on any atom is -0.507 e. The molecule has 2 rings (SSSR count). The summed E-state index contributed by atoms with van der Waals surface area (Å²) in [5.74, 6) is -0.933. The Hall–Kier alpha value is -2.24. The molecule has 21 heavy (non-hydrogen) atoms. The Morgan fingerprint density at radius 3 is 2.62 bits per heavy atom. The number of para-hydroxylation sites is 1. The Labute approximate surface area is 130 Å². The van der Waals surface area contributed by atoms with Crippen molar-refractivity contribution in [1.29, 1.82) is 0 Å². The van der Waals surface area contributed by atoms with Crippen molar-refractivity contribution in [3.05, 3.63) is 57.6 Å². The third-order valence-corrected chi connectivity index (χ3v) is 3.08. The van der Waals surface area contributed by atoms with Crippen LogP contribution in [0.25, 0.3) is 0 Å². The van der Waals surface area contributed by atoms with Crippen LogP contribution < -0.4 is 5.43 Å². The van der Waals surface area contributed by atoms with Gasteiger partial charge in [-0.3, -0.25) is 4.79 Å². The fourth-order valence-corrected chi connectivity index (χ4v) is 2.08. The molecule has 0 atom stereocenters. The predicted octanol–water partition coefficient (Wildman–Crippen LogP) is 3.17. The maximum atomic E-state index is 11.8. The normalized spacial score (nSPS) is 10.8. The van der Waals surface area contributed by atoms with Gasteiger partial charge in [0.1, 0.15) is 11.5 Å². The lowest BCUT2D eigenvalue weighted by molar-refractivity contribution is 0.0952. The fraction of sp³-hybridized carbons (Fsp3) is 0. The number of phenols is 2. The predicted molar refractivity (Wildman–Crippen MR) is 81.3 cm³/mol. The zero-order valence-corrected chi connectivity index (χ0v) is 12.1. The molecule has 0 aromatic heterocycles. The van der Waals surface area contributed by atoms with Gasteiger partial charge in [-0.15, -0.1) is 0 Å². The van der Waals surface area contributed by atoms with Gasteiger partial charge in [-0.1, -0.05) is 35.3 Å². The Bertz CT molecular complexity index is 717. The van der Waals surface area contributed by atoms with Crippen molar-refractivity contribution in [2.75, 3.05) is 0 Å². The molecular weight excluding hydrogens is 315 g/mol. The zero-order valence-electron chi connectivity index (χ0n) is 10.5. The Kier molecular flexibility index (Phi) is 4.67. The molecule has 0 aliphatic heterocycles. The van der Waals surface area contributed by atoms with Gasteiger partial charge in [0.2, 0.25) is 0 Å². The molecule has 5 nitrogen and oxygen atoms in total. The van der Waals surface area contributed by atoms with Crippen LogP contribution in [-0.4, -0.2) is 22.3 Å². The molecule has 2 aromatic carbocycles. The summed E-state index contributed by atoms with van der Waals surface area (Å²) in [6.45, 7) is 0. The lowest BCUT2D eigenvalue weighted by Crippen LogP contribution is -2.17. The Morgan fingerprint density at radius 2 is 1.90 bits per heavy atom. The third kappa shape index (κ3) is 3.65. The van der Waals surface area contributed by atoms with Crippen molar-refractivity contribution in [3.63, 3.8) is 0 Å². The molecular formula is C14H10Cl2N2O3. The van der Waals surface area contributed by atoms with Gasteiger partial charge in [0.15, 0.2) is 0 Å². The van der Waals surface area contributed by atoms with E-state index in [9.17, 15) is 15.0 Å². The number of hydrogen-bond acceptors (Lipinski definition) is 4. The zero-order chi connectivity index (χ0) is 15.4. The maximum Gasteiger partial charge on any atom is 0.275 e. The van der Waals surface area contributed by atoms with Gasteiger partial charge in [0.25, 0.3) is 5.91 Å². The topological polar surface area (TPSA) is 81.9 Å². The van der Waals surface area contributed by atoms with E-state index in [0.717, 1.165) is 0 Å². The first-order valence-corrected chi connectivity index (χ1v) is 6.54. The van der Waals surface area contributed by atoms with E-state index in [4.69, 9.17) is 23.2 Å². The number of halogens is 2. The van der Waals surface area contributed by atoms with E-state index in [-0.39, 0.29) is 27.6 Å². The van der Waals surface area contributed by atoms with Crippen LogP contribution >= 0.6 is 23.2 Å². The second-order valence-corrected chi connectivity index (χ2v) is 4.89. The van der Waals surface area contributed by atoms with Crippen molar-refractivity contribution in [2.24, 2.45) is 5.10 Å². The minimum atomic E-state index is -0.586. The summed E-state index contributed by atoms with van der Waals surface area (Å²) in [7, 11) is 0. The van der Waals surface area contributed by atoms with E-state index in [1.54, 1.807) is 12.1 Å². The molecule has 0 unspecified atom stereocenters. The smallest absolute Gasteiger partial charge is 0.275 e. The molecule has 0 spiro atoms. The first kappa shape index (κ1) is 15.2. The summed E-state index contributed by atoms with van der Waals surface area (Å²) >= 11 is 11.6. The molecule has 0 fully saturated rings. The summed E-state index contributed by atoms with van der Waals surface area (Å²) in [5, 5.41) is 23.3. The van der Waals surface area contributed by atoms with E-state index in [1.807, 2.05) is 0 Å². The number of nitrogens with zero attached hydrogens (tertiary/aromatic N) is 1. The molecule has 0 aliphatic rings. The summed E-state index contributed by atoms with van der Waals surface area (Å²) < 4.78 is 0. The number of amides is 1. The van der Waals surface area contributed by atoms with Crippen molar-refractivity contribution < 1.29 is 15.0 Å². The molecule has 0 radical (unpaired) electrons. The second kappa shape index (κ2) is 6.47. The molecule has 0 saturated heterocycles. The number of hydrazone groups is 1. The van der Waals surface area contributed by atoms with E-state index in [1.165, 1.54) is 30.5 Å². The summed E-state index contributed by atoms with van der Waals surface area (Å²) in [6.07, 6.45) is 1.20. The lowest BCUT2D eigenvalue weighted by atomic mass is 10.2. The molecule has 108 valence electrons. The Morgan fingerprint density at radius 1 is 1.19 bits per heavy atom. The highest BCUT2D eigenvalue weighted by atomic mass is 35.5. The summed E-state index contributed by atoms with van der Waals surface area (Å²) in [6, 6.07) is 8.88. The third-order valence-electron chi connectivity index (χ3n) is 2.58. The van der Waals surface area contributed by atoms with Crippen LogP contribution in [0.5, 0.6) is 11.5 Å². The van der Waals surface area contributed by atoms with Crippen LogP contribution in [0.4, 0.5) is 0 Å². The van der Waals surface area contributed by atoms with Gasteiger partial charge in [0, 0.05) is 10.6 Å². The standard InChI is InChI=1S/C14H10Cl2N2O3/c15-9-5-8(13(20)11(16)6-9)7-17-18-14(21)10-3-1-2-4-12(10)19/h1-7,19-20H,(H,18,21)/b17-7+. The van der Waals surface area contributed by atoms with E-state index in [0.29, 0.717) is 5.02 Å². The average molecular weight is 325 g/mol. The van der Waals surface area contributed by atoms with Crippen LogP contribution in [0.1, 0.15) is 15.9 Å². The highest BCUT2D eigenvalue weighted by Crippen LogP contribution is 2.29. The SMILES string of the molecule is O=C(N/N=C/c1cc(Cl)cc(Cl)c1O)c1ccccc1O. The number of carbonyl (C=O) groups is 1. The molecule has 0 aliphatic carbocycles. The molecule has 1 amide bonds. The van der Waals surface area contributed by atoms with Crippen molar-refractivity contribution >= 4 is 35.3 Å². The van der Waals surface area contributed by atoms with E-state index >= 15 is 0 Å². The van der Waals surface area contributed by atoms with E-state index in [2.05, 4.69) is 10.5 Å². The molecule has 3 N–H and O–H groups in total. The molecule has 0 heterocycles. The van der Waals surface area contributed by atoms with Crippen LogP contribution in [0.15, 0.2) is 41.5 Å². The summed E-state index contributed by atoms with van der Waals surface area (Å²) in [5.41, 5.74) is 2.57. The van der Waals surface area contributed by atoms with Gasteiger partial charge in [-0.05, 0) is 24.3 Å². The molecule has 7 heteroatoms. The number of aromatic hydroxyl groups is 2. The van der Waals surface area contributed by atoms with Crippen molar-refractivity contribution in [1.82, 2.24) is 5.43 Å². The van der Waals surface area contributed by atoms with Gasteiger partial charge >= 0.3 is 0 Å². The molecule has 0 bridgehead atoms. The quantitative estimate of drug-likeness (QED) is 0.599. The number of phenolic OH excluding ortho intramolecular Hbond substituents is 2. The fourth-order valence-electron chi connectivity index (χ4n) is 1.57. The van der Waals surface area contributed by atoms with E-state index < -0.39 is 5.91 Å². The number of nitrogens with one attached hydrogen (secondary N) is 1. The van der Waals surface area contributed by atoms with Crippen LogP contribution in [0.3, 0.4) is 0 Å². The second-order valence-electron chi connectivity index (χ2n) is 4.04. The lowest BCUT2D eigenvalue weighted by Gasteiger charge is -2.03. The molecule has 2 aromatic rings. The number of hydrogen-bond donors (Lipinski definition) is 3. The van der Waals surface area contributed by atoms with Crippen molar-refractivity contribution in [3.8, 4) is 11.5 Å². The summed E-state index contributed by atoms with van der Waals surface area (Å²) in [4.78, 5) is 11.8. The first-order valence-electron chi connectivity index (χ1n) is 5.78. The molecule has 0 saturated carbocycles. The first-order chi connectivity index (χ1) is 9.99. The Balaban J connectivity index is 2.13. The highest BCUT2D eigenvalue weighted by molar-refractivity contribution is 6.36. The van der Waals surface area contributed by atoms with Crippen molar-refractivity contribution in [2.45, 2.75) is 0 Å². The number of benzene rings is 2.